The van der Waals surface area contributed by atoms with Crippen molar-refractivity contribution in [1.82, 2.24) is 9.55 Å². The summed E-state index contributed by atoms with van der Waals surface area (Å²) >= 11 is 3.82. The molecule has 0 unspecified atom stereocenters. The highest BCUT2D eigenvalue weighted by Crippen LogP contribution is 2.36. The lowest BCUT2D eigenvalue weighted by Gasteiger charge is -2.34. The Morgan fingerprint density at radius 1 is 1.12 bits per heavy atom. The van der Waals surface area contributed by atoms with Crippen molar-refractivity contribution in [3.63, 3.8) is 0 Å². The van der Waals surface area contributed by atoms with Gasteiger partial charge in [-0.25, -0.2) is 4.98 Å². The van der Waals surface area contributed by atoms with Crippen LogP contribution in [0.25, 0.3) is 16.7 Å². The van der Waals surface area contributed by atoms with Crippen molar-refractivity contribution in [3.05, 3.63) is 51.8 Å². The van der Waals surface area contributed by atoms with E-state index in [1.807, 2.05) is 0 Å². The minimum Gasteiger partial charge on any atom is -0.371 e. The summed E-state index contributed by atoms with van der Waals surface area (Å²) in [5.74, 6) is 1.40. The molecule has 0 aliphatic carbocycles. The number of benzene rings is 1. The Balaban J connectivity index is 0.000000913. The molecule has 2 aromatic heterocycles. The quantitative estimate of drug-likeness (QED) is 0.408. The molecule has 6 heteroatoms. The third-order valence-electron chi connectivity index (χ3n) is 6.48. The summed E-state index contributed by atoms with van der Waals surface area (Å²) in [6.45, 7) is 13.4. The van der Waals surface area contributed by atoms with Crippen LogP contribution >= 0.6 is 15.9 Å². The number of carbonyl (C=O) groups excluding carboxylic acids is 2. The van der Waals surface area contributed by atoms with Crippen molar-refractivity contribution in [2.45, 2.75) is 59.8 Å². The number of nitrogens with zero attached hydrogens (tertiary/aromatic N) is 3. The van der Waals surface area contributed by atoms with Gasteiger partial charge in [-0.05, 0) is 83.8 Å². The van der Waals surface area contributed by atoms with Crippen LogP contribution in [0.15, 0.2) is 34.9 Å². The second kappa shape index (κ2) is 10.5. The van der Waals surface area contributed by atoms with Crippen molar-refractivity contribution in [2.75, 3.05) is 18.0 Å². The standard InChI is InChI=1S/C25H32BrN3.CO2/c1-6-19-9-11-28(12-10-19)23-13-18(5)27-25-24(23)17(4)15-29(25)22-8-7-20(16(2)3)14-21(22)26;2-1-3/h7-8,13-16,19H,6,9-12H2,1-5H3;. The van der Waals surface area contributed by atoms with Crippen LogP contribution in [0.5, 0.6) is 0 Å². The first-order chi connectivity index (χ1) is 15.3. The van der Waals surface area contributed by atoms with Crippen molar-refractivity contribution in [3.8, 4) is 5.69 Å². The van der Waals surface area contributed by atoms with Gasteiger partial charge in [0, 0.05) is 40.5 Å². The Labute approximate surface area is 199 Å². The van der Waals surface area contributed by atoms with Gasteiger partial charge in [-0.15, -0.1) is 0 Å². The Bertz CT molecular complexity index is 1120. The lowest BCUT2D eigenvalue weighted by atomic mass is 9.94. The maximum Gasteiger partial charge on any atom is 0.373 e. The number of halogens is 1. The molecule has 1 aliphatic heterocycles. The highest BCUT2D eigenvalue weighted by molar-refractivity contribution is 9.10. The van der Waals surface area contributed by atoms with Gasteiger partial charge in [0.2, 0.25) is 0 Å². The molecule has 1 fully saturated rings. The second-order valence-electron chi connectivity index (χ2n) is 8.95. The first-order valence-corrected chi connectivity index (χ1v) is 12.1. The van der Waals surface area contributed by atoms with E-state index in [1.165, 1.54) is 41.5 Å². The van der Waals surface area contributed by atoms with Gasteiger partial charge in [-0.3, -0.25) is 4.57 Å². The Hall–Kier alpha value is -2.43. The molecule has 32 heavy (non-hydrogen) atoms. The van der Waals surface area contributed by atoms with E-state index in [0.29, 0.717) is 5.92 Å². The van der Waals surface area contributed by atoms with Crippen LogP contribution in [0.3, 0.4) is 0 Å². The van der Waals surface area contributed by atoms with Gasteiger partial charge in [0.15, 0.2) is 0 Å². The molecule has 0 bridgehead atoms. The maximum absolute atomic E-state index is 8.12. The van der Waals surface area contributed by atoms with Crippen LogP contribution in [-0.4, -0.2) is 28.8 Å². The minimum absolute atomic E-state index is 0.250. The first kappa shape index (κ1) is 24.2. The number of anilines is 1. The highest BCUT2D eigenvalue weighted by atomic mass is 79.9. The molecular weight excluding hydrogens is 466 g/mol. The summed E-state index contributed by atoms with van der Waals surface area (Å²) in [5.41, 5.74) is 7.29. The van der Waals surface area contributed by atoms with Gasteiger partial charge in [0.1, 0.15) is 5.65 Å². The third-order valence-corrected chi connectivity index (χ3v) is 7.12. The fraction of sp³-hybridized carbons (Fsp3) is 0.462. The number of aryl methyl sites for hydroxylation is 2. The van der Waals surface area contributed by atoms with Crippen LogP contribution in [0.4, 0.5) is 5.69 Å². The van der Waals surface area contributed by atoms with Crippen LogP contribution in [0.1, 0.15) is 62.8 Å². The largest absolute Gasteiger partial charge is 0.373 e. The van der Waals surface area contributed by atoms with Crippen LogP contribution < -0.4 is 4.90 Å². The van der Waals surface area contributed by atoms with E-state index in [-0.39, 0.29) is 6.15 Å². The number of piperidine rings is 1. The van der Waals surface area contributed by atoms with Gasteiger partial charge in [-0.2, -0.15) is 9.59 Å². The van der Waals surface area contributed by atoms with Crippen molar-refractivity contribution in [2.24, 2.45) is 5.92 Å². The van der Waals surface area contributed by atoms with Gasteiger partial charge in [0.25, 0.3) is 0 Å². The van der Waals surface area contributed by atoms with Crippen LogP contribution in [0, 0.1) is 19.8 Å². The molecule has 0 N–H and O–H groups in total. The molecule has 0 spiro atoms. The third kappa shape index (κ3) is 4.97. The van der Waals surface area contributed by atoms with Crippen molar-refractivity contribution < 1.29 is 9.59 Å². The Morgan fingerprint density at radius 2 is 1.78 bits per heavy atom. The Kier molecular flexibility index (Phi) is 7.91. The smallest absolute Gasteiger partial charge is 0.371 e. The SMILES string of the molecule is CCC1CCN(c2cc(C)nc3c2c(C)cn3-c2ccc(C(C)C)cc2Br)CC1.O=C=O. The average molecular weight is 498 g/mol. The van der Waals surface area contributed by atoms with E-state index in [0.717, 1.165) is 40.5 Å². The molecule has 4 rings (SSSR count). The zero-order valence-corrected chi connectivity index (χ0v) is 21.2. The summed E-state index contributed by atoms with van der Waals surface area (Å²) in [6.07, 6.45) is 6.38. The summed E-state index contributed by atoms with van der Waals surface area (Å²) in [7, 11) is 0. The first-order valence-electron chi connectivity index (χ1n) is 11.3. The number of aromatic nitrogens is 2. The fourth-order valence-corrected chi connectivity index (χ4v) is 5.19. The minimum atomic E-state index is 0.250. The average Bonchev–Trinajstić information content (AvgIpc) is 3.09. The topological polar surface area (TPSA) is 55.2 Å². The number of hydrogen-bond acceptors (Lipinski definition) is 4. The van der Waals surface area contributed by atoms with Gasteiger partial charge in [0.05, 0.1) is 5.69 Å². The predicted octanol–water partition coefficient (Wildman–Crippen LogP) is 6.57. The van der Waals surface area contributed by atoms with Gasteiger partial charge < -0.3 is 4.90 Å². The van der Waals surface area contributed by atoms with E-state index < -0.39 is 0 Å². The molecule has 3 aromatic rings. The number of hydrogen-bond donors (Lipinski definition) is 0. The molecule has 0 amide bonds. The molecule has 1 aromatic carbocycles. The van der Waals surface area contributed by atoms with Crippen molar-refractivity contribution in [1.29, 1.82) is 0 Å². The maximum atomic E-state index is 8.12. The summed E-state index contributed by atoms with van der Waals surface area (Å²) in [6, 6.07) is 8.98. The molecule has 0 saturated carbocycles. The molecule has 0 atom stereocenters. The zero-order valence-electron chi connectivity index (χ0n) is 19.6. The van der Waals surface area contributed by atoms with E-state index in [9.17, 15) is 0 Å². The fourth-order valence-electron chi connectivity index (χ4n) is 4.60. The van der Waals surface area contributed by atoms with Crippen molar-refractivity contribution >= 4 is 38.8 Å². The van der Waals surface area contributed by atoms with E-state index in [1.54, 1.807) is 0 Å². The van der Waals surface area contributed by atoms with E-state index >= 15 is 0 Å². The normalized spacial score (nSPS) is 14.4. The highest BCUT2D eigenvalue weighted by Gasteiger charge is 2.23. The van der Waals surface area contributed by atoms with Gasteiger partial charge in [-0.1, -0.05) is 33.3 Å². The summed E-state index contributed by atoms with van der Waals surface area (Å²) in [5, 5.41) is 1.30. The van der Waals surface area contributed by atoms with Crippen LogP contribution in [0.2, 0.25) is 0 Å². The predicted molar refractivity (Wildman–Crippen MR) is 133 cm³/mol. The van der Waals surface area contributed by atoms with E-state index in [2.05, 4.69) is 90.5 Å². The lowest BCUT2D eigenvalue weighted by Crippen LogP contribution is -2.33. The van der Waals surface area contributed by atoms with E-state index in [4.69, 9.17) is 14.6 Å². The monoisotopic (exact) mass is 497 g/mol. The molecule has 1 aliphatic rings. The molecule has 1 saturated heterocycles. The van der Waals surface area contributed by atoms with Gasteiger partial charge >= 0.3 is 6.15 Å². The van der Waals surface area contributed by atoms with Crippen LogP contribution in [-0.2, 0) is 9.59 Å². The molecule has 0 radical (unpaired) electrons. The number of rotatable bonds is 4. The number of fused-ring (bicyclic) bond motifs is 1. The molecule has 3 heterocycles. The molecular formula is C26H32BrN3O2. The second-order valence-corrected chi connectivity index (χ2v) is 9.81. The Morgan fingerprint density at radius 3 is 2.34 bits per heavy atom. The summed E-state index contributed by atoms with van der Waals surface area (Å²) < 4.78 is 3.38. The molecule has 170 valence electrons. The zero-order chi connectivity index (χ0) is 23.4. The molecule has 5 nitrogen and oxygen atoms in total. The number of pyridine rings is 1. The lowest BCUT2D eigenvalue weighted by molar-refractivity contribution is -0.191. The summed E-state index contributed by atoms with van der Waals surface area (Å²) in [4.78, 5) is 23.8.